The van der Waals surface area contributed by atoms with Crippen molar-refractivity contribution in [2.24, 2.45) is 4.99 Å². The Bertz CT molecular complexity index is 909. The van der Waals surface area contributed by atoms with Gasteiger partial charge in [-0.25, -0.2) is 18.9 Å². The highest BCUT2D eigenvalue weighted by atomic mass is 79.9. The smallest absolute Gasteiger partial charge is 0.191 e. The summed E-state index contributed by atoms with van der Waals surface area (Å²) in [5, 5.41) is 0. The molecule has 24 heavy (non-hydrogen) atoms. The second-order valence-corrected chi connectivity index (χ2v) is 6.79. The monoisotopic (exact) mass is 385 g/mol. The summed E-state index contributed by atoms with van der Waals surface area (Å²) >= 11 is 3.55. The van der Waals surface area contributed by atoms with Gasteiger partial charge in [-0.05, 0) is 31.2 Å². The van der Waals surface area contributed by atoms with E-state index in [4.69, 9.17) is 9.41 Å². The van der Waals surface area contributed by atoms with Crippen molar-refractivity contribution in [3.63, 3.8) is 0 Å². The highest BCUT2D eigenvalue weighted by Gasteiger charge is 2.22. The molecule has 7 heteroatoms. The second-order valence-electron chi connectivity index (χ2n) is 5.79. The molecular formula is C17H16BrN5O. The molecule has 1 aromatic carbocycles. The largest absolute Gasteiger partial charge is 0.441 e. The Labute approximate surface area is 148 Å². The Morgan fingerprint density at radius 3 is 2.71 bits per heavy atom. The van der Waals surface area contributed by atoms with Gasteiger partial charge in [-0.1, -0.05) is 0 Å². The van der Waals surface area contributed by atoms with Crippen LogP contribution in [0.5, 0.6) is 0 Å². The molecule has 3 aromatic rings. The van der Waals surface area contributed by atoms with Crippen LogP contribution in [0.4, 0.5) is 5.69 Å². The SMILES string of the molecule is Cc1cn2c(n1)C(=Nc1ccc(-c3cnc(C)o3)cc1)CN(Br)C2. The first kappa shape index (κ1) is 15.3. The maximum atomic E-state index is 5.55. The first-order valence-corrected chi connectivity index (χ1v) is 8.35. The third-order valence-electron chi connectivity index (χ3n) is 3.82. The Hall–Kier alpha value is -2.25. The molecule has 0 bridgehead atoms. The van der Waals surface area contributed by atoms with Crippen molar-refractivity contribution < 1.29 is 4.42 Å². The van der Waals surface area contributed by atoms with E-state index in [0.29, 0.717) is 12.4 Å². The summed E-state index contributed by atoms with van der Waals surface area (Å²) in [7, 11) is 0. The van der Waals surface area contributed by atoms with E-state index in [1.54, 1.807) is 6.20 Å². The molecule has 0 radical (unpaired) electrons. The van der Waals surface area contributed by atoms with Crippen molar-refractivity contribution in [1.29, 1.82) is 0 Å². The molecular weight excluding hydrogens is 370 g/mol. The zero-order chi connectivity index (χ0) is 16.7. The van der Waals surface area contributed by atoms with Crippen LogP contribution in [0.3, 0.4) is 0 Å². The standard InChI is InChI=1S/C17H16BrN5O/c1-11-8-22-10-23(18)9-15(17(22)20-11)21-14-5-3-13(4-6-14)16-7-19-12(2)24-16/h3-8H,9-10H2,1-2H3. The van der Waals surface area contributed by atoms with Crippen molar-refractivity contribution in [2.75, 3.05) is 6.54 Å². The molecule has 6 nitrogen and oxygen atoms in total. The van der Waals surface area contributed by atoms with E-state index in [-0.39, 0.29) is 0 Å². The van der Waals surface area contributed by atoms with E-state index >= 15 is 0 Å². The fourth-order valence-corrected chi connectivity index (χ4v) is 3.25. The zero-order valence-corrected chi connectivity index (χ0v) is 15.0. The van der Waals surface area contributed by atoms with Gasteiger partial charge in [-0.3, -0.25) is 0 Å². The van der Waals surface area contributed by atoms with Gasteiger partial charge >= 0.3 is 0 Å². The number of nitrogens with zero attached hydrogens (tertiary/aromatic N) is 5. The van der Waals surface area contributed by atoms with Gasteiger partial charge in [0.2, 0.25) is 0 Å². The highest BCUT2D eigenvalue weighted by Crippen LogP contribution is 2.25. The molecule has 0 saturated heterocycles. The topological polar surface area (TPSA) is 59.5 Å². The zero-order valence-electron chi connectivity index (χ0n) is 13.4. The number of fused-ring (bicyclic) bond motifs is 1. The normalized spacial score (nSPS) is 16.5. The maximum absolute atomic E-state index is 5.55. The molecule has 3 heterocycles. The number of halogens is 1. The van der Waals surface area contributed by atoms with Crippen LogP contribution in [0.1, 0.15) is 17.4 Å². The summed E-state index contributed by atoms with van der Waals surface area (Å²) in [4.78, 5) is 13.5. The number of rotatable bonds is 2. The molecule has 1 aliphatic rings. The summed E-state index contributed by atoms with van der Waals surface area (Å²) < 4.78 is 9.68. The fraction of sp³-hybridized carbons (Fsp3) is 0.235. The van der Waals surface area contributed by atoms with Gasteiger partial charge in [-0.2, -0.15) is 0 Å². The number of aryl methyl sites for hydroxylation is 2. The summed E-state index contributed by atoms with van der Waals surface area (Å²) in [5.74, 6) is 2.36. The third kappa shape index (κ3) is 2.92. The molecule has 0 spiro atoms. The van der Waals surface area contributed by atoms with Crippen LogP contribution in [0.15, 0.2) is 46.1 Å². The first-order chi connectivity index (χ1) is 11.6. The molecule has 0 atom stereocenters. The molecule has 0 saturated carbocycles. The van der Waals surface area contributed by atoms with Crippen LogP contribution in [-0.4, -0.2) is 30.7 Å². The van der Waals surface area contributed by atoms with E-state index in [1.165, 1.54) is 0 Å². The molecule has 0 unspecified atom stereocenters. The number of imidazole rings is 1. The van der Waals surface area contributed by atoms with Gasteiger partial charge in [0, 0.05) is 34.8 Å². The predicted molar refractivity (Wildman–Crippen MR) is 95.5 cm³/mol. The van der Waals surface area contributed by atoms with Crippen LogP contribution < -0.4 is 0 Å². The number of oxazole rings is 1. The van der Waals surface area contributed by atoms with Crippen molar-refractivity contribution in [1.82, 2.24) is 18.5 Å². The summed E-state index contributed by atoms with van der Waals surface area (Å²) in [5.41, 5.74) is 3.81. The minimum Gasteiger partial charge on any atom is -0.441 e. The maximum Gasteiger partial charge on any atom is 0.191 e. The van der Waals surface area contributed by atoms with Gasteiger partial charge in [-0.15, -0.1) is 0 Å². The minimum atomic E-state index is 0.663. The Balaban J connectivity index is 1.66. The number of hydrogen-bond donors (Lipinski definition) is 0. The second kappa shape index (κ2) is 5.99. The molecule has 0 fully saturated rings. The average Bonchev–Trinajstić information content (AvgIpc) is 3.13. The number of benzene rings is 1. The van der Waals surface area contributed by atoms with Gasteiger partial charge < -0.3 is 8.98 Å². The quantitative estimate of drug-likeness (QED) is 0.628. The van der Waals surface area contributed by atoms with E-state index in [0.717, 1.165) is 40.9 Å². The molecule has 2 aromatic heterocycles. The van der Waals surface area contributed by atoms with Crippen LogP contribution in [0.25, 0.3) is 11.3 Å². The van der Waals surface area contributed by atoms with Crippen LogP contribution >= 0.6 is 16.1 Å². The van der Waals surface area contributed by atoms with Crippen molar-refractivity contribution >= 4 is 27.5 Å². The van der Waals surface area contributed by atoms with Crippen LogP contribution in [0.2, 0.25) is 0 Å². The lowest BCUT2D eigenvalue weighted by Gasteiger charge is -2.23. The summed E-state index contributed by atoms with van der Waals surface area (Å²) in [6.07, 6.45) is 3.77. The van der Waals surface area contributed by atoms with Gasteiger partial charge in [0.25, 0.3) is 0 Å². The lowest BCUT2D eigenvalue weighted by Crippen LogP contribution is -2.32. The van der Waals surface area contributed by atoms with E-state index < -0.39 is 0 Å². The number of aliphatic imine (C=N–C) groups is 1. The Kier molecular flexibility index (Phi) is 3.82. The van der Waals surface area contributed by atoms with E-state index in [9.17, 15) is 0 Å². The van der Waals surface area contributed by atoms with Crippen molar-refractivity contribution in [3.8, 4) is 11.3 Å². The van der Waals surface area contributed by atoms with Gasteiger partial charge in [0.15, 0.2) is 17.5 Å². The predicted octanol–water partition coefficient (Wildman–Crippen LogP) is 3.86. The van der Waals surface area contributed by atoms with Gasteiger partial charge in [0.05, 0.1) is 36.5 Å². The lowest BCUT2D eigenvalue weighted by molar-refractivity contribution is 0.420. The lowest BCUT2D eigenvalue weighted by atomic mass is 10.1. The molecule has 0 N–H and O–H groups in total. The van der Waals surface area contributed by atoms with Crippen molar-refractivity contribution in [3.05, 3.63) is 54.1 Å². The summed E-state index contributed by atoms with van der Waals surface area (Å²) in [6.45, 7) is 5.30. The van der Waals surface area contributed by atoms with Crippen LogP contribution in [-0.2, 0) is 6.67 Å². The molecule has 1 aliphatic heterocycles. The van der Waals surface area contributed by atoms with E-state index in [1.807, 2.05) is 48.2 Å². The Morgan fingerprint density at radius 1 is 1.21 bits per heavy atom. The number of aromatic nitrogens is 3. The molecule has 4 rings (SSSR count). The molecule has 0 amide bonds. The minimum absolute atomic E-state index is 0.663. The van der Waals surface area contributed by atoms with Crippen molar-refractivity contribution in [2.45, 2.75) is 20.5 Å². The fourth-order valence-electron chi connectivity index (χ4n) is 2.77. The number of hydrogen-bond acceptors (Lipinski definition) is 5. The van der Waals surface area contributed by atoms with Crippen LogP contribution in [0, 0.1) is 13.8 Å². The first-order valence-electron chi connectivity index (χ1n) is 7.64. The highest BCUT2D eigenvalue weighted by molar-refractivity contribution is 9.07. The Morgan fingerprint density at radius 2 is 2.00 bits per heavy atom. The molecule has 0 aliphatic carbocycles. The van der Waals surface area contributed by atoms with E-state index in [2.05, 4.69) is 30.7 Å². The average molecular weight is 386 g/mol. The third-order valence-corrected chi connectivity index (χ3v) is 4.29. The van der Waals surface area contributed by atoms with Gasteiger partial charge in [0.1, 0.15) is 0 Å². The summed E-state index contributed by atoms with van der Waals surface area (Å²) in [6, 6.07) is 7.94. The molecule has 122 valence electrons.